The van der Waals surface area contributed by atoms with E-state index in [4.69, 9.17) is 0 Å². The van der Waals surface area contributed by atoms with Crippen molar-refractivity contribution in [1.29, 1.82) is 0 Å². The lowest BCUT2D eigenvalue weighted by molar-refractivity contribution is -0.139. The van der Waals surface area contributed by atoms with Crippen molar-refractivity contribution < 1.29 is 14.7 Å². The van der Waals surface area contributed by atoms with Crippen LogP contribution in [0, 0.1) is 5.92 Å². The van der Waals surface area contributed by atoms with E-state index in [0.29, 0.717) is 24.8 Å². The molecule has 7 nitrogen and oxygen atoms in total. The maximum Gasteiger partial charge on any atom is 0.321 e. The first-order valence-electron chi connectivity index (χ1n) is 16.4. The number of urea groups is 1. The number of hydrogen-bond acceptors (Lipinski definition) is 4. The summed E-state index contributed by atoms with van der Waals surface area (Å²) in [5.74, 6) is 0.0385. The van der Waals surface area contributed by atoms with Crippen LogP contribution in [0.3, 0.4) is 0 Å². The van der Waals surface area contributed by atoms with Crippen LogP contribution in [0.5, 0.6) is 0 Å². The zero-order valence-electron chi connectivity index (χ0n) is 26.0. The van der Waals surface area contributed by atoms with Crippen molar-refractivity contribution in [3.05, 3.63) is 108 Å². The number of carboxylic acids is 1. The molecular formula is C37H48N4O3. The largest absolute Gasteiger partial charge is 0.480 e. The molecule has 1 saturated heterocycles. The summed E-state index contributed by atoms with van der Waals surface area (Å²) in [5, 5.41) is 16.7. The normalized spacial score (nSPS) is 21.5. The summed E-state index contributed by atoms with van der Waals surface area (Å²) in [6.45, 7) is 6.39. The first-order valence-corrected chi connectivity index (χ1v) is 16.4. The summed E-state index contributed by atoms with van der Waals surface area (Å²) in [7, 11) is 0. The third-order valence-electron chi connectivity index (χ3n) is 9.44. The van der Waals surface area contributed by atoms with E-state index >= 15 is 0 Å². The zero-order valence-corrected chi connectivity index (χ0v) is 26.0. The fourth-order valence-corrected chi connectivity index (χ4v) is 7.23. The molecule has 4 atom stereocenters. The second kappa shape index (κ2) is 15.9. The standard InChI is InChI=1S/C37H48N4O3/c1-2-20-41(37(44)38-26-29-14-8-4-9-15-29)33-18-21-40(22-19-33)27-31-24-32(25-34(31)30-16-10-5-11-17-30)39-35(36(42)43)23-28-12-6-3-7-13-28/h3-17,31-35,39H,2,18-27H2,1H3,(H,38,44)(H,42,43)/t31-,32?,34-,35?/m1/s1. The summed E-state index contributed by atoms with van der Waals surface area (Å²) < 4.78 is 0. The van der Waals surface area contributed by atoms with Gasteiger partial charge in [0.2, 0.25) is 0 Å². The average molecular weight is 597 g/mol. The lowest BCUT2D eigenvalue weighted by atomic mass is 9.88. The van der Waals surface area contributed by atoms with Gasteiger partial charge in [-0.1, -0.05) is 97.9 Å². The van der Waals surface area contributed by atoms with Gasteiger partial charge >= 0.3 is 12.0 Å². The van der Waals surface area contributed by atoms with Gasteiger partial charge in [-0.05, 0) is 67.1 Å². The van der Waals surface area contributed by atoms with Gasteiger partial charge in [-0.2, -0.15) is 0 Å². The number of aliphatic carboxylic acids is 1. The van der Waals surface area contributed by atoms with Gasteiger partial charge in [0.1, 0.15) is 6.04 Å². The smallest absolute Gasteiger partial charge is 0.321 e. The molecule has 3 aromatic rings. The van der Waals surface area contributed by atoms with Crippen LogP contribution in [-0.2, 0) is 17.8 Å². The molecular weight excluding hydrogens is 548 g/mol. The number of amides is 2. The number of rotatable bonds is 13. The van der Waals surface area contributed by atoms with E-state index in [1.807, 2.05) is 60.7 Å². The summed E-state index contributed by atoms with van der Waals surface area (Å²) in [5.41, 5.74) is 3.49. The minimum absolute atomic E-state index is 0.0338. The number of likely N-dealkylation sites (tertiary alicyclic amines) is 1. The van der Waals surface area contributed by atoms with Crippen molar-refractivity contribution in [2.45, 2.75) is 76.0 Å². The molecule has 1 aliphatic heterocycles. The van der Waals surface area contributed by atoms with Crippen LogP contribution in [0.2, 0.25) is 0 Å². The Morgan fingerprint density at radius 2 is 1.50 bits per heavy atom. The third kappa shape index (κ3) is 8.70. The predicted octanol–water partition coefficient (Wildman–Crippen LogP) is 5.92. The Balaban J connectivity index is 1.18. The minimum Gasteiger partial charge on any atom is -0.480 e. The molecule has 0 radical (unpaired) electrons. The van der Waals surface area contributed by atoms with Gasteiger partial charge in [0, 0.05) is 44.8 Å². The molecule has 3 aromatic carbocycles. The molecule has 234 valence electrons. The average Bonchev–Trinajstić information content (AvgIpc) is 3.46. The van der Waals surface area contributed by atoms with Crippen molar-refractivity contribution in [2.75, 3.05) is 26.2 Å². The molecule has 2 amide bonds. The van der Waals surface area contributed by atoms with Crippen molar-refractivity contribution in [3.8, 4) is 0 Å². The highest BCUT2D eigenvalue weighted by atomic mass is 16.4. The fraction of sp³-hybridized carbons (Fsp3) is 0.459. The number of nitrogens with one attached hydrogen (secondary N) is 2. The van der Waals surface area contributed by atoms with Crippen LogP contribution in [0.25, 0.3) is 0 Å². The summed E-state index contributed by atoms with van der Waals surface area (Å²) in [6.07, 6.45) is 5.27. The van der Waals surface area contributed by atoms with Crippen LogP contribution in [0.4, 0.5) is 4.79 Å². The van der Waals surface area contributed by atoms with Crippen molar-refractivity contribution in [3.63, 3.8) is 0 Å². The number of carbonyl (C=O) groups is 2. The van der Waals surface area contributed by atoms with Crippen LogP contribution in [-0.4, -0.2) is 71.2 Å². The van der Waals surface area contributed by atoms with E-state index < -0.39 is 12.0 Å². The maximum atomic E-state index is 13.2. The lowest BCUT2D eigenvalue weighted by Gasteiger charge is -2.39. The van der Waals surface area contributed by atoms with Gasteiger partial charge in [-0.3, -0.25) is 4.79 Å². The molecule has 2 aliphatic rings. The van der Waals surface area contributed by atoms with E-state index in [1.54, 1.807) is 0 Å². The third-order valence-corrected chi connectivity index (χ3v) is 9.44. The fourth-order valence-electron chi connectivity index (χ4n) is 7.23. The highest BCUT2D eigenvalue weighted by Gasteiger charge is 2.38. The van der Waals surface area contributed by atoms with Gasteiger partial charge in [0.05, 0.1) is 0 Å². The number of hydrogen-bond donors (Lipinski definition) is 3. The first-order chi connectivity index (χ1) is 21.5. The predicted molar refractivity (Wildman–Crippen MR) is 176 cm³/mol. The van der Waals surface area contributed by atoms with Crippen LogP contribution in [0.15, 0.2) is 91.0 Å². The van der Waals surface area contributed by atoms with E-state index in [9.17, 15) is 14.7 Å². The molecule has 1 aliphatic carbocycles. The van der Waals surface area contributed by atoms with Crippen LogP contribution < -0.4 is 10.6 Å². The van der Waals surface area contributed by atoms with E-state index in [2.05, 4.69) is 57.7 Å². The molecule has 2 fully saturated rings. The van der Waals surface area contributed by atoms with Gasteiger partial charge in [-0.25, -0.2) is 4.79 Å². The van der Waals surface area contributed by atoms with Crippen molar-refractivity contribution in [2.24, 2.45) is 5.92 Å². The monoisotopic (exact) mass is 596 g/mol. The van der Waals surface area contributed by atoms with E-state index in [-0.39, 0.29) is 18.1 Å². The number of carboxylic acid groups (broad SMARTS) is 1. The molecule has 44 heavy (non-hydrogen) atoms. The Labute approximate surface area is 262 Å². The molecule has 0 bridgehead atoms. The minimum atomic E-state index is -0.792. The number of carbonyl (C=O) groups excluding carboxylic acids is 1. The molecule has 1 saturated carbocycles. The molecule has 5 rings (SSSR count). The Bertz CT molecular complexity index is 1300. The Morgan fingerprint density at radius 3 is 2.11 bits per heavy atom. The summed E-state index contributed by atoms with van der Waals surface area (Å²) in [6, 6.07) is 30.5. The topological polar surface area (TPSA) is 84.9 Å². The Hall–Kier alpha value is -3.68. The molecule has 0 spiro atoms. The van der Waals surface area contributed by atoms with Gasteiger partial charge in [0.25, 0.3) is 0 Å². The molecule has 2 unspecified atom stereocenters. The molecule has 3 N–H and O–H groups in total. The summed E-state index contributed by atoms with van der Waals surface area (Å²) in [4.78, 5) is 30.1. The van der Waals surface area contributed by atoms with Gasteiger partial charge in [-0.15, -0.1) is 0 Å². The number of benzene rings is 3. The molecule has 0 aromatic heterocycles. The quantitative estimate of drug-likeness (QED) is 0.228. The lowest BCUT2D eigenvalue weighted by Crippen LogP contribution is -2.51. The summed E-state index contributed by atoms with van der Waals surface area (Å²) >= 11 is 0. The first kappa shape index (κ1) is 31.7. The van der Waals surface area contributed by atoms with Crippen LogP contribution >= 0.6 is 0 Å². The van der Waals surface area contributed by atoms with Crippen molar-refractivity contribution in [1.82, 2.24) is 20.4 Å². The van der Waals surface area contributed by atoms with E-state index in [1.165, 1.54) is 5.56 Å². The highest BCUT2D eigenvalue weighted by molar-refractivity contribution is 5.74. The Morgan fingerprint density at radius 1 is 0.886 bits per heavy atom. The van der Waals surface area contributed by atoms with E-state index in [0.717, 1.165) is 69.4 Å². The Kier molecular flexibility index (Phi) is 11.4. The zero-order chi connectivity index (χ0) is 30.7. The van der Waals surface area contributed by atoms with Gasteiger partial charge in [0.15, 0.2) is 0 Å². The highest BCUT2D eigenvalue weighted by Crippen LogP contribution is 2.41. The van der Waals surface area contributed by atoms with Gasteiger partial charge < -0.3 is 25.5 Å². The van der Waals surface area contributed by atoms with Crippen molar-refractivity contribution >= 4 is 12.0 Å². The maximum absolute atomic E-state index is 13.2. The second-order valence-corrected chi connectivity index (χ2v) is 12.6. The number of nitrogens with zero attached hydrogens (tertiary/aromatic N) is 2. The second-order valence-electron chi connectivity index (χ2n) is 12.6. The molecule has 1 heterocycles. The van der Waals surface area contributed by atoms with Crippen LogP contribution in [0.1, 0.15) is 61.6 Å². The molecule has 7 heteroatoms. The SMILES string of the molecule is CCCN(C(=O)NCc1ccccc1)C1CCN(C[C@H]2CC(NC(Cc3ccccc3)C(=O)O)C[C@@H]2c2ccccc2)CC1. The number of piperidine rings is 1.